The molecule has 134 valence electrons. The van der Waals surface area contributed by atoms with Gasteiger partial charge in [-0.2, -0.15) is 0 Å². The highest BCUT2D eigenvalue weighted by molar-refractivity contribution is 4.86. The summed E-state index contributed by atoms with van der Waals surface area (Å²) in [6.07, 6.45) is 21.0. The molecule has 0 saturated carbocycles. The Morgan fingerprint density at radius 2 is 0.955 bits per heavy atom. The first-order chi connectivity index (χ1) is 10.7. The minimum absolute atomic E-state index is 0.819. The van der Waals surface area contributed by atoms with Gasteiger partial charge in [-0.05, 0) is 32.7 Å². The van der Waals surface area contributed by atoms with Crippen LogP contribution in [0.1, 0.15) is 117 Å². The number of unbranched alkanes of at least 4 members (excludes halogenated alkanes) is 12. The van der Waals surface area contributed by atoms with Crippen LogP contribution in [0.25, 0.3) is 0 Å². The van der Waals surface area contributed by atoms with Crippen molar-refractivity contribution < 1.29 is 0 Å². The van der Waals surface area contributed by atoms with Gasteiger partial charge in [0.2, 0.25) is 0 Å². The van der Waals surface area contributed by atoms with Crippen LogP contribution in [0.2, 0.25) is 0 Å². The number of hydrogen-bond donors (Lipinski definition) is 1. The summed E-state index contributed by atoms with van der Waals surface area (Å²) in [5, 5.41) is 0. The van der Waals surface area contributed by atoms with Crippen LogP contribution < -0.4 is 5.73 Å². The second-order valence-corrected chi connectivity index (χ2v) is 6.74. The maximum Gasteiger partial charge on any atom is -0.00799 e. The molecule has 0 aliphatic carbocycles. The Kier molecular flexibility index (Phi) is 25.0. The highest BCUT2D eigenvalue weighted by Gasteiger charge is 1.93. The fourth-order valence-corrected chi connectivity index (χ4v) is 2.44. The molecule has 0 rings (SSSR count). The van der Waals surface area contributed by atoms with E-state index in [-0.39, 0.29) is 0 Å². The molecule has 0 heterocycles. The van der Waals surface area contributed by atoms with E-state index < -0.39 is 0 Å². The van der Waals surface area contributed by atoms with Crippen molar-refractivity contribution in [1.82, 2.24) is 0 Å². The van der Waals surface area contributed by atoms with E-state index in [1.54, 1.807) is 0 Å². The highest BCUT2D eigenvalue weighted by Crippen LogP contribution is 2.13. The van der Waals surface area contributed by atoms with E-state index in [1.807, 2.05) is 0 Å². The average Bonchev–Trinajstić information content (AvgIpc) is 2.52. The maximum atomic E-state index is 5.03. The van der Waals surface area contributed by atoms with Crippen LogP contribution in [0, 0.1) is 0 Å². The lowest BCUT2D eigenvalue weighted by Gasteiger charge is -2.03. The zero-order valence-electron chi connectivity index (χ0n) is 16.1. The Bertz CT molecular complexity index is 196. The molecule has 0 aromatic rings. The molecule has 0 atom stereocenters. The third kappa shape index (κ3) is 27.9. The van der Waals surface area contributed by atoms with Gasteiger partial charge in [-0.15, -0.1) is 6.58 Å². The first kappa shape index (κ1) is 24.0. The summed E-state index contributed by atoms with van der Waals surface area (Å²) < 4.78 is 0. The van der Waals surface area contributed by atoms with Gasteiger partial charge in [0, 0.05) is 0 Å². The molecule has 0 unspecified atom stereocenters. The van der Waals surface area contributed by atoms with Gasteiger partial charge in [0.15, 0.2) is 0 Å². The second kappa shape index (κ2) is 23.0. The second-order valence-electron chi connectivity index (χ2n) is 6.74. The Labute approximate surface area is 142 Å². The summed E-state index contributed by atoms with van der Waals surface area (Å²) in [6, 6.07) is 0. The van der Waals surface area contributed by atoms with Gasteiger partial charge in [0.1, 0.15) is 0 Å². The van der Waals surface area contributed by atoms with Gasteiger partial charge in [-0.3, -0.25) is 0 Å². The molecule has 0 aliphatic heterocycles. The summed E-state index contributed by atoms with van der Waals surface area (Å²) >= 11 is 0. The molecule has 0 spiro atoms. The van der Waals surface area contributed by atoms with E-state index in [0.717, 1.165) is 13.0 Å². The normalized spacial score (nSPS) is 10.2. The van der Waals surface area contributed by atoms with E-state index in [9.17, 15) is 0 Å². The van der Waals surface area contributed by atoms with Gasteiger partial charge in [0.25, 0.3) is 0 Å². The van der Waals surface area contributed by atoms with Crippen molar-refractivity contribution in [3.8, 4) is 0 Å². The van der Waals surface area contributed by atoms with Crippen molar-refractivity contribution in [2.45, 2.75) is 117 Å². The lowest BCUT2D eigenvalue weighted by atomic mass is 10.0. The first-order valence-corrected chi connectivity index (χ1v) is 10.0. The van der Waals surface area contributed by atoms with Crippen molar-refractivity contribution in [2.24, 2.45) is 5.73 Å². The van der Waals surface area contributed by atoms with Crippen molar-refractivity contribution in [3.63, 3.8) is 0 Å². The molecular formula is C21H45N. The SMILES string of the molecule is C=C(C)CCCCCCCCCCCCCCC.CCCN. The molecule has 22 heavy (non-hydrogen) atoms. The highest BCUT2D eigenvalue weighted by atomic mass is 14.5. The van der Waals surface area contributed by atoms with Crippen LogP contribution >= 0.6 is 0 Å². The fraction of sp³-hybridized carbons (Fsp3) is 0.905. The van der Waals surface area contributed by atoms with Gasteiger partial charge >= 0.3 is 0 Å². The molecule has 2 N–H and O–H groups in total. The van der Waals surface area contributed by atoms with Crippen LogP contribution in [0.15, 0.2) is 12.2 Å². The molecule has 0 radical (unpaired) electrons. The lowest BCUT2D eigenvalue weighted by Crippen LogP contribution is -1.93. The molecule has 0 amide bonds. The molecule has 1 heteroatoms. The van der Waals surface area contributed by atoms with Crippen molar-refractivity contribution in [3.05, 3.63) is 12.2 Å². The zero-order chi connectivity index (χ0) is 16.9. The Morgan fingerprint density at radius 1 is 0.636 bits per heavy atom. The first-order valence-electron chi connectivity index (χ1n) is 10.0. The van der Waals surface area contributed by atoms with E-state index in [0.29, 0.717) is 0 Å². The summed E-state index contributed by atoms with van der Waals surface area (Å²) in [7, 11) is 0. The summed E-state index contributed by atoms with van der Waals surface area (Å²) in [5.74, 6) is 0. The van der Waals surface area contributed by atoms with Crippen LogP contribution in [0.3, 0.4) is 0 Å². The average molecular weight is 312 g/mol. The molecule has 0 saturated heterocycles. The molecule has 0 aromatic carbocycles. The minimum Gasteiger partial charge on any atom is -0.330 e. The molecule has 0 aromatic heterocycles. The van der Waals surface area contributed by atoms with Crippen molar-refractivity contribution >= 4 is 0 Å². The maximum absolute atomic E-state index is 5.03. The summed E-state index contributed by atoms with van der Waals surface area (Å²) in [6.45, 7) is 11.3. The molecule has 0 bridgehead atoms. The molecule has 0 aliphatic rings. The Hall–Kier alpha value is -0.300. The fourth-order valence-electron chi connectivity index (χ4n) is 2.44. The van der Waals surface area contributed by atoms with Crippen LogP contribution in [-0.4, -0.2) is 6.54 Å². The van der Waals surface area contributed by atoms with Crippen molar-refractivity contribution in [1.29, 1.82) is 0 Å². The van der Waals surface area contributed by atoms with Crippen molar-refractivity contribution in [2.75, 3.05) is 6.54 Å². The van der Waals surface area contributed by atoms with E-state index in [4.69, 9.17) is 5.73 Å². The quantitative estimate of drug-likeness (QED) is 0.247. The van der Waals surface area contributed by atoms with Crippen LogP contribution in [-0.2, 0) is 0 Å². The Balaban J connectivity index is 0. The third-order valence-electron chi connectivity index (χ3n) is 4.00. The standard InChI is InChI=1S/C18H36.C3H9N/c1-4-5-6-7-8-9-10-11-12-13-14-15-16-17-18(2)3;1-2-3-4/h2,4-17H2,1,3H3;2-4H2,1H3. The van der Waals surface area contributed by atoms with E-state index >= 15 is 0 Å². The smallest absolute Gasteiger partial charge is 0.00799 e. The monoisotopic (exact) mass is 311 g/mol. The largest absolute Gasteiger partial charge is 0.330 e. The van der Waals surface area contributed by atoms with Crippen LogP contribution in [0.5, 0.6) is 0 Å². The third-order valence-corrected chi connectivity index (χ3v) is 4.00. The lowest BCUT2D eigenvalue weighted by molar-refractivity contribution is 0.539. The zero-order valence-corrected chi connectivity index (χ0v) is 16.1. The van der Waals surface area contributed by atoms with Gasteiger partial charge < -0.3 is 5.73 Å². The molecule has 0 fully saturated rings. The Morgan fingerprint density at radius 3 is 1.23 bits per heavy atom. The molecular weight excluding hydrogens is 266 g/mol. The van der Waals surface area contributed by atoms with E-state index in [2.05, 4.69) is 27.4 Å². The topological polar surface area (TPSA) is 26.0 Å². The predicted octanol–water partition coefficient (Wildman–Crippen LogP) is 7.40. The molecule has 1 nitrogen and oxygen atoms in total. The van der Waals surface area contributed by atoms with Gasteiger partial charge in [0.05, 0.1) is 0 Å². The number of rotatable bonds is 15. The summed E-state index contributed by atoms with van der Waals surface area (Å²) in [4.78, 5) is 0. The number of allylic oxidation sites excluding steroid dienone is 1. The number of nitrogens with two attached hydrogens (primary N) is 1. The van der Waals surface area contributed by atoms with Crippen LogP contribution in [0.4, 0.5) is 0 Å². The number of hydrogen-bond acceptors (Lipinski definition) is 1. The summed E-state index contributed by atoms with van der Waals surface area (Å²) in [5.41, 5.74) is 6.37. The minimum atomic E-state index is 0.819. The van der Waals surface area contributed by atoms with E-state index in [1.165, 1.54) is 95.5 Å². The van der Waals surface area contributed by atoms with Gasteiger partial charge in [-0.25, -0.2) is 0 Å². The predicted molar refractivity (Wildman–Crippen MR) is 104 cm³/mol. The van der Waals surface area contributed by atoms with Gasteiger partial charge in [-0.1, -0.05) is 96.5 Å².